The lowest BCUT2D eigenvalue weighted by Gasteiger charge is -2.20. The first-order valence-corrected chi connectivity index (χ1v) is 3.00. The molecule has 1 aliphatic rings. The van der Waals surface area contributed by atoms with Crippen LogP contribution in [0.15, 0.2) is 0 Å². The van der Waals surface area contributed by atoms with Crippen molar-refractivity contribution in [3.8, 4) is 0 Å². The summed E-state index contributed by atoms with van der Waals surface area (Å²) < 4.78 is 0. The lowest BCUT2D eigenvalue weighted by molar-refractivity contribution is -0.0867. The summed E-state index contributed by atoms with van der Waals surface area (Å²) in [7, 11) is 0. The molecule has 0 radical (unpaired) electrons. The summed E-state index contributed by atoms with van der Waals surface area (Å²) in [6, 6.07) is 0. The molecule has 5 heteroatoms. The molecule has 5 nitrogen and oxygen atoms in total. The van der Waals surface area contributed by atoms with Gasteiger partial charge >= 0.3 is 0 Å². The highest BCUT2D eigenvalue weighted by Crippen LogP contribution is 2.25. The van der Waals surface area contributed by atoms with Crippen LogP contribution in [0.25, 0.3) is 0 Å². The summed E-state index contributed by atoms with van der Waals surface area (Å²) in [5.74, 6) is 0. The van der Waals surface area contributed by atoms with Gasteiger partial charge < -0.3 is 26.2 Å². The van der Waals surface area contributed by atoms with Gasteiger partial charge in [0.1, 0.15) is 17.9 Å². The summed E-state index contributed by atoms with van der Waals surface area (Å²) in [6.45, 7) is 0. The Morgan fingerprint density at radius 2 is 1.80 bits per heavy atom. The van der Waals surface area contributed by atoms with Gasteiger partial charge in [0.25, 0.3) is 0 Å². The first kappa shape index (κ1) is 7.90. The Hall–Kier alpha value is -0.200. The summed E-state index contributed by atoms with van der Waals surface area (Å²) in [5, 5.41) is 35.6. The molecule has 0 aromatic heterocycles. The highest BCUT2D eigenvalue weighted by Gasteiger charge is 2.48. The van der Waals surface area contributed by atoms with E-state index in [1.165, 1.54) is 0 Å². The zero-order valence-electron chi connectivity index (χ0n) is 5.31. The average Bonchev–Trinajstić information content (AvgIpc) is 1.95. The van der Waals surface area contributed by atoms with Gasteiger partial charge in [0.2, 0.25) is 0 Å². The molecule has 0 amide bonds. The summed E-state index contributed by atoms with van der Waals surface area (Å²) in [6.07, 6.45) is -4.13. The van der Waals surface area contributed by atoms with Crippen molar-refractivity contribution in [2.45, 2.75) is 30.5 Å². The van der Waals surface area contributed by atoms with E-state index in [2.05, 4.69) is 0 Å². The first-order valence-electron chi connectivity index (χ1n) is 3.00. The third-order valence-corrected chi connectivity index (χ3v) is 1.77. The highest BCUT2D eigenvalue weighted by atomic mass is 16.4. The molecule has 0 heterocycles. The molecule has 1 rings (SSSR count). The predicted octanol–water partition coefficient (Wildman–Crippen LogP) is -2.88. The van der Waals surface area contributed by atoms with Crippen molar-refractivity contribution in [2.75, 3.05) is 0 Å². The molecule has 4 atom stereocenters. The first-order chi connectivity index (χ1) is 4.45. The molecule has 0 aliphatic heterocycles. The fourth-order valence-electron chi connectivity index (χ4n) is 1.08. The van der Waals surface area contributed by atoms with Crippen molar-refractivity contribution in [2.24, 2.45) is 5.73 Å². The minimum absolute atomic E-state index is 0.199. The summed E-state index contributed by atoms with van der Waals surface area (Å²) >= 11 is 0. The molecular formula is C5H11NO4. The van der Waals surface area contributed by atoms with Crippen LogP contribution in [0.5, 0.6) is 0 Å². The van der Waals surface area contributed by atoms with Crippen LogP contribution in [0.4, 0.5) is 0 Å². The molecule has 1 fully saturated rings. The second kappa shape index (κ2) is 2.14. The van der Waals surface area contributed by atoms with Gasteiger partial charge in [-0.15, -0.1) is 0 Å². The van der Waals surface area contributed by atoms with Gasteiger partial charge in [-0.2, -0.15) is 0 Å². The van der Waals surface area contributed by atoms with Gasteiger partial charge in [-0.3, -0.25) is 0 Å². The van der Waals surface area contributed by atoms with Gasteiger partial charge in [0.05, 0.1) is 6.10 Å². The number of aliphatic hydroxyl groups is 4. The topological polar surface area (TPSA) is 107 Å². The third kappa shape index (κ3) is 1.02. The number of aliphatic hydroxyl groups excluding tert-OH is 3. The van der Waals surface area contributed by atoms with E-state index in [0.717, 1.165) is 0 Å². The van der Waals surface area contributed by atoms with Crippen molar-refractivity contribution < 1.29 is 20.4 Å². The Labute approximate surface area is 57.7 Å². The quantitative estimate of drug-likeness (QED) is 0.238. The lowest BCUT2D eigenvalue weighted by atomic mass is 10.1. The monoisotopic (exact) mass is 149 g/mol. The fraction of sp³-hybridized carbons (Fsp3) is 1.00. The van der Waals surface area contributed by atoms with E-state index < -0.39 is 24.0 Å². The molecule has 4 unspecified atom stereocenters. The van der Waals surface area contributed by atoms with Gasteiger partial charge in [0.15, 0.2) is 0 Å². The van der Waals surface area contributed by atoms with Crippen molar-refractivity contribution in [3.05, 3.63) is 0 Å². The lowest BCUT2D eigenvalue weighted by Crippen LogP contribution is -2.49. The predicted molar refractivity (Wildman–Crippen MR) is 31.8 cm³/mol. The minimum Gasteiger partial charge on any atom is -0.390 e. The van der Waals surface area contributed by atoms with E-state index in [1.807, 2.05) is 0 Å². The van der Waals surface area contributed by atoms with E-state index in [-0.39, 0.29) is 6.42 Å². The van der Waals surface area contributed by atoms with Gasteiger partial charge in [-0.1, -0.05) is 0 Å². The largest absolute Gasteiger partial charge is 0.390 e. The SMILES string of the molecule is NC1(O)CC(O)C(O)C1O. The molecule has 0 aromatic rings. The summed E-state index contributed by atoms with van der Waals surface area (Å²) in [5.41, 5.74) is 3.24. The molecule has 0 saturated heterocycles. The Kier molecular flexibility index (Phi) is 1.69. The molecule has 1 aliphatic carbocycles. The van der Waals surface area contributed by atoms with Crippen molar-refractivity contribution in [3.63, 3.8) is 0 Å². The van der Waals surface area contributed by atoms with Gasteiger partial charge in [0, 0.05) is 6.42 Å². The van der Waals surface area contributed by atoms with E-state index in [1.54, 1.807) is 0 Å². The minimum atomic E-state index is -1.85. The van der Waals surface area contributed by atoms with Crippen LogP contribution in [0.2, 0.25) is 0 Å². The maximum atomic E-state index is 9.01. The number of rotatable bonds is 0. The normalized spacial score (nSPS) is 55.5. The van der Waals surface area contributed by atoms with E-state index in [9.17, 15) is 0 Å². The maximum Gasteiger partial charge on any atom is 0.144 e. The Morgan fingerprint density at radius 3 is 1.90 bits per heavy atom. The molecule has 6 N–H and O–H groups in total. The second-order valence-corrected chi connectivity index (χ2v) is 2.70. The number of hydrogen-bond acceptors (Lipinski definition) is 5. The van der Waals surface area contributed by atoms with E-state index in [4.69, 9.17) is 26.2 Å². The number of hydrogen-bond donors (Lipinski definition) is 5. The van der Waals surface area contributed by atoms with Gasteiger partial charge in [-0.25, -0.2) is 0 Å². The van der Waals surface area contributed by atoms with Crippen LogP contribution in [0, 0.1) is 0 Å². The smallest absolute Gasteiger partial charge is 0.144 e. The molecule has 0 aromatic carbocycles. The Balaban J connectivity index is 2.71. The molecule has 60 valence electrons. The van der Waals surface area contributed by atoms with Crippen molar-refractivity contribution in [1.29, 1.82) is 0 Å². The molecule has 0 bridgehead atoms. The van der Waals surface area contributed by atoms with E-state index >= 15 is 0 Å². The Bertz CT molecular complexity index is 138. The second-order valence-electron chi connectivity index (χ2n) is 2.70. The fourth-order valence-corrected chi connectivity index (χ4v) is 1.08. The van der Waals surface area contributed by atoms with Crippen molar-refractivity contribution in [1.82, 2.24) is 0 Å². The van der Waals surface area contributed by atoms with Crippen LogP contribution in [0.1, 0.15) is 6.42 Å². The number of nitrogens with two attached hydrogens (primary N) is 1. The zero-order valence-corrected chi connectivity index (χ0v) is 5.31. The van der Waals surface area contributed by atoms with Crippen molar-refractivity contribution >= 4 is 0 Å². The summed E-state index contributed by atoms with van der Waals surface area (Å²) in [4.78, 5) is 0. The van der Waals surface area contributed by atoms with E-state index in [0.29, 0.717) is 0 Å². The third-order valence-electron chi connectivity index (χ3n) is 1.77. The maximum absolute atomic E-state index is 9.01. The van der Waals surface area contributed by atoms with Crippen LogP contribution >= 0.6 is 0 Å². The molecule has 0 spiro atoms. The average molecular weight is 149 g/mol. The van der Waals surface area contributed by atoms with Crippen LogP contribution in [-0.4, -0.2) is 44.5 Å². The van der Waals surface area contributed by atoms with Crippen LogP contribution in [0.3, 0.4) is 0 Å². The zero-order chi connectivity index (χ0) is 7.94. The van der Waals surface area contributed by atoms with Crippen LogP contribution < -0.4 is 5.73 Å². The molecule has 10 heavy (non-hydrogen) atoms. The standard InChI is InChI=1S/C5H11NO4/c6-5(10)1-2(7)3(8)4(5)9/h2-4,7-10H,1,6H2. The molecule has 1 saturated carbocycles. The molecular weight excluding hydrogens is 138 g/mol. The highest BCUT2D eigenvalue weighted by molar-refractivity contribution is 4.98. The Morgan fingerprint density at radius 1 is 1.30 bits per heavy atom. The van der Waals surface area contributed by atoms with Crippen LogP contribution in [-0.2, 0) is 0 Å². The van der Waals surface area contributed by atoms with Gasteiger partial charge in [-0.05, 0) is 0 Å².